The molecular formula is C18H16N4O3S. The minimum Gasteiger partial charge on any atom is -0.480 e. The van der Waals surface area contributed by atoms with Crippen molar-refractivity contribution >= 4 is 22.4 Å². The molecule has 1 aromatic carbocycles. The van der Waals surface area contributed by atoms with Gasteiger partial charge in [0.2, 0.25) is 11.8 Å². The molecule has 7 nitrogen and oxygen atoms in total. The average Bonchev–Trinajstić information content (AvgIpc) is 3.10. The number of nitrogens with one attached hydrogen (secondary N) is 1. The third kappa shape index (κ3) is 2.78. The first-order valence-electron chi connectivity index (χ1n) is 8.03. The summed E-state index contributed by atoms with van der Waals surface area (Å²) in [5.41, 5.74) is 3.49. The summed E-state index contributed by atoms with van der Waals surface area (Å²) in [4.78, 5) is 26.5. The van der Waals surface area contributed by atoms with Gasteiger partial charge in [0.15, 0.2) is 10.7 Å². The van der Waals surface area contributed by atoms with Gasteiger partial charge in [-0.2, -0.15) is 0 Å². The highest BCUT2D eigenvalue weighted by atomic mass is 32.1. The van der Waals surface area contributed by atoms with Crippen molar-refractivity contribution in [2.75, 3.05) is 19.5 Å². The molecule has 2 heterocycles. The average molecular weight is 368 g/mol. The zero-order valence-electron chi connectivity index (χ0n) is 14.3. The standard InChI is InChI=1S/C18H16N4O3S/c1-24-16-13(17(25-2)20-9-19-16)15(23)22-18-21-14-11-6-4-3-5-10(11)7-8-12(14)26-18/h3-6,9H,7-8H2,1-2H3,(H,21,22,23). The summed E-state index contributed by atoms with van der Waals surface area (Å²) < 4.78 is 10.3. The predicted molar refractivity (Wildman–Crippen MR) is 98.0 cm³/mol. The van der Waals surface area contributed by atoms with Crippen LogP contribution in [0, 0.1) is 0 Å². The molecule has 0 aliphatic heterocycles. The molecule has 1 N–H and O–H groups in total. The van der Waals surface area contributed by atoms with E-state index in [4.69, 9.17) is 9.47 Å². The van der Waals surface area contributed by atoms with E-state index in [-0.39, 0.29) is 17.3 Å². The summed E-state index contributed by atoms with van der Waals surface area (Å²) in [6.45, 7) is 0. The zero-order valence-corrected chi connectivity index (χ0v) is 15.1. The molecule has 0 atom stereocenters. The van der Waals surface area contributed by atoms with Crippen LogP contribution in [0.25, 0.3) is 11.3 Å². The predicted octanol–water partition coefficient (Wildman–Crippen LogP) is 2.97. The Balaban J connectivity index is 1.66. The van der Waals surface area contributed by atoms with E-state index in [1.165, 1.54) is 42.3 Å². The summed E-state index contributed by atoms with van der Waals surface area (Å²) in [5.74, 6) is -0.110. The van der Waals surface area contributed by atoms with Crippen molar-refractivity contribution in [1.82, 2.24) is 15.0 Å². The number of methoxy groups -OCH3 is 2. The van der Waals surface area contributed by atoms with Crippen LogP contribution in [-0.2, 0) is 12.8 Å². The highest BCUT2D eigenvalue weighted by Crippen LogP contribution is 2.38. The van der Waals surface area contributed by atoms with Crippen LogP contribution >= 0.6 is 11.3 Å². The lowest BCUT2D eigenvalue weighted by molar-refractivity contribution is 0.101. The molecule has 0 unspecified atom stereocenters. The fourth-order valence-corrected chi connectivity index (χ4v) is 3.99. The molecule has 4 rings (SSSR count). The maximum absolute atomic E-state index is 12.7. The second-order valence-electron chi connectivity index (χ2n) is 5.67. The van der Waals surface area contributed by atoms with Crippen LogP contribution < -0.4 is 14.8 Å². The first kappa shape index (κ1) is 16.5. The number of ether oxygens (including phenoxy) is 2. The number of aromatic nitrogens is 3. The Labute approximate surface area is 154 Å². The Morgan fingerprint density at radius 3 is 2.58 bits per heavy atom. The summed E-state index contributed by atoms with van der Waals surface area (Å²) in [5, 5.41) is 3.36. The van der Waals surface area contributed by atoms with Gasteiger partial charge in [0.05, 0.1) is 19.9 Å². The van der Waals surface area contributed by atoms with Gasteiger partial charge >= 0.3 is 0 Å². The number of hydrogen-bond acceptors (Lipinski definition) is 7. The molecule has 0 fully saturated rings. The number of anilines is 1. The molecule has 0 spiro atoms. The van der Waals surface area contributed by atoms with Gasteiger partial charge in [-0.1, -0.05) is 24.3 Å². The third-order valence-electron chi connectivity index (χ3n) is 4.20. The van der Waals surface area contributed by atoms with Crippen LogP contribution in [0.5, 0.6) is 11.8 Å². The van der Waals surface area contributed by atoms with Gasteiger partial charge in [-0.3, -0.25) is 10.1 Å². The molecule has 1 aliphatic carbocycles. The number of carbonyl (C=O) groups excluding carboxylic acids is 1. The highest BCUT2D eigenvalue weighted by Gasteiger charge is 2.25. The number of rotatable bonds is 4. The topological polar surface area (TPSA) is 86.2 Å². The van der Waals surface area contributed by atoms with E-state index in [0.29, 0.717) is 5.13 Å². The van der Waals surface area contributed by atoms with Crippen molar-refractivity contribution in [3.8, 4) is 23.0 Å². The lowest BCUT2D eigenvalue weighted by Crippen LogP contribution is -2.16. The van der Waals surface area contributed by atoms with E-state index in [0.717, 1.165) is 24.1 Å². The van der Waals surface area contributed by atoms with Gasteiger partial charge in [0.1, 0.15) is 6.33 Å². The molecule has 0 saturated heterocycles. The van der Waals surface area contributed by atoms with Crippen molar-refractivity contribution in [2.45, 2.75) is 12.8 Å². The van der Waals surface area contributed by atoms with Crippen LogP contribution in [0.4, 0.5) is 5.13 Å². The molecule has 26 heavy (non-hydrogen) atoms. The fourth-order valence-electron chi connectivity index (χ4n) is 3.02. The van der Waals surface area contributed by atoms with Gasteiger partial charge in [0.25, 0.3) is 5.91 Å². The second kappa shape index (κ2) is 6.72. The molecule has 3 aromatic rings. The number of thiazole rings is 1. The Kier molecular flexibility index (Phi) is 4.26. The number of carbonyl (C=O) groups is 1. The lowest BCUT2D eigenvalue weighted by atomic mass is 9.94. The number of nitrogens with zero attached hydrogens (tertiary/aromatic N) is 3. The minimum atomic E-state index is -0.418. The first-order chi connectivity index (χ1) is 12.7. The van der Waals surface area contributed by atoms with E-state index in [2.05, 4.69) is 32.4 Å². The van der Waals surface area contributed by atoms with Crippen LogP contribution in [-0.4, -0.2) is 35.1 Å². The van der Waals surface area contributed by atoms with Crippen LogP contribution in [0.3, 0.4) is 0 Å². The minimum absolute atomic E-state index is 0.145. The van der Waals surface area contributed by atoms with Gasteiger partial charge in [-0.15, -0.1) is 11.3 Å². The van der Waals surface area contributed by atoms with Crippen molar-refractivity contribution in [1.29, 1.82) is 0 Å². The van der Waals surface area contributed by atoms with Crippen molar-refractivity contribution in [3.05, 3.63) is 46.6 Å². The molecule has 1 amide bonds. The maximum atomic E-state index is 12.7. The van der Waals surface area contributed by atoms with Crippen molar-refractivity contribution in [3.63, 3.8) is 0 Å². The van der Waals surface area contributed by atoms with E-state index < -0.39 is 5.91 Å². The number of hydrogen-bond donors (Lipinski definition) is 1. The van der Waals surface area contributed by atoms with E-state index in [1.54, 1.807) is 0 Å². The van der Waals surface area contributed by atoms with E-state index >= 15 is 0 Å². The van der Waals surface area contributed by atoms with Crippen LogP contribution in [0.2, 0.25) is 0 Å². The molecule has 0 saturated carbocycles. The maximum Gasteiger partial charge on any atom is 0.268 e. The number of amides is 1. The third-order valence-corrected chi connectivity index (χ3v) is 5.23. The Hall–Kier alpha value is -3.00. The van der Waals surface area contributed by atoms with Crippen LogP contribution in [0.1, 0.15) is 20.8 Å². The number of aryl methyl sites for hydroxylation is 2. The Bertz CT molecular complexity index is 964. The summed E-state index contributed by atoms with van der Waals surface area (Å²) in [7, 11) is 2.88. The lowest BCUT2D eigenvalue weighted by Gasteiger charge is -2.13. The fraction of sp³-hybridized carbons (Fsp3) is 0.222. The molecule has 0 radical (unpaired) electrons. The Morgan fingerprint density at radius 1 is 1.12 bits per heavy atom. The van der Waals surface area contributed by atoms with Crippen molar-refractivity contribution in [2.24, 2.45) is 0 Å². The SMILES string of the molecule is COc1ncnc(OC)c1C(=O)Nc1nc2c(s1)CCc1ccccc1-2. The monoisotopic (exact) mass is 368 g/mol. The molecule has 132 valence electrons. The van der Waals surface area contributed by atoms with Gasteiger partial charge in [-0.05, 0) is 18.4 Å². The second-order valence-corrected chi connectivity index (χ2v) is 6.75. The molecule has 2 aromatic heterocycles. The van der Waals surface area contributed by atoms with Gasteiger partial charge < -0.3 is 9.47 Å². The molecule has 1 aliphatic rings. The first-order valence-corrected chi connectivity index (χ1v) is 8.85. The Morgan fingerprint density at radius 2 is 1.85 bits per heavy atom. The number of fused-ring (bicyclic) bond motifs is 3. The quantitative estimate of drug-likeness (QED) is 0.762. The van der Waals surface area contributed by atoms with E-state index in [1.807, 2.05) is 12.1 Å². The normalized spacial score (nSPS) is 12.1. The summed E-state index contributed by atoms with van der Waals surface area (Å²) in [6.07, 6.45) is 3.18. The smallest absolute Gasteiger partial charge is 0.268 e. The van der Waals surface area contributed by atoms with Gasteiger partial charge in [-0.25, -0.2) is 15.0 Å². The largest absolute Gasteiger partial charge is 0.480 e. The van der Waals surface area contributed by atoms with Crippen molar-refractivity contribution < 1.29 is 14.3 Å². The van der Waals surface area contributed by atoms with Crippen LogP contribution in [0.15, 0.2) is 30.6 Å². The number of benzene rings is 1. The summed E-state index contributed by atoms with van der Waals surface area (Å²) >= 11 is 1.48. The molecule has 0 bridgehead atoms. The molecular weight excluding hydrogens is 352 g/mol. The highest BCUT2D eigenvalue weighted by molar-refractivity contribution is 7.16. The molecule has 8 heteroatoms. The zero-order chi connectivity index (χ0) is 18.1. The summed E-state index contributed by atoms with van der Waals surface area (Å²) in [6, 6.07) is 8.22. The van der Waals surface area contributed by atoms with Gasteiger partial charge in [0, 0.05) is 10.4 Å². The van der Waals surface area contributed by atoms with E-state index in [9.17, 15) is 4.79 Å².